The van der Waals surface area contributed by atoms with Crippen molar-refractivity contribution in [3.8, 4) is 0 Å². The van der Waals surface area contributed by atoms with Crippen molar-refractivity contribution in [1.29, 1.82) is 0 Å². The Labute approximate surface area is 158 Å². The lowest BCUT2D eigenvalue weighted by Crippen LogP contribution is -2.58. The summed E-state index contributed by atoms with van der Waals surface area (Å²) in [7, 11) is 0. The molecule has 0 radical (unpaired) electrons. The topological polar surface area (TPSA) is 64.7 Å². The molecule has 2 unspecified atom stereocenters. The molecular formula is C18H31F3N4O2. The molecule has 0 spiro atoms. The van der Waals surface area contributed by atoms with E-state index in [1.165, 1.54) is 4.90 Å². The van der Waals surface area contributed by atoms with Gasteiger partial charge in [-0.25, -0.2) is 0 Å². The quantitative estimate of drug-likeness (QED) is 0.755. The van der Waals surface area contributed by atoms with E-state index >= 15 is 0 Å². The molecule has 2 atom stereocenters. The molecule has 2 saturated heterocycles. The molecule has 2 N–H and O–H groups in total. The van der Waals surface area contributed by atoms with Crippen LogP contribution in [0, 0.1) is 11.3 Å². The number of piperidine rings is 1. The van der Waals surface area contributed by atoms with E-state index in [4.69, 9.17) is 0 Å². The Kier molecular flexibility index (Phi) is 7.13. The number of hydrogen-bond acceptors (Lipinski definition) is 4. The minimum Gasteiger partial charge on any atom is -0.354 e. The van der Waals surface area contributed by atoms with Gasteiger partial charge in [0.2, 0.25) is 11.8 Å². The third kappa shape index (κ3) is 6.07. The maximum Gasteiger partial charge on any atom is 0.405 e. The number of carbonyl (C=O) groups excluding carboxylic acids is 2. The smallest absolute Gasteiger partial charge is 0.354 e. The second-order valence-electron chi connectivity index (χ2n) is 8.43. The van der Waals surface area contributed by atoms with Crippen LogP contribution in [0.25, 0.3) is 0 Å². The zero-order chi connectivity index (χ0) is 20.2. The first-order valence-electron chi connectivity index (χ1n) is 9.58. The lowest BCUT2D eigenvalue weighted by Gasteiger charge is -2.37. The van der Waals surface area contributed by atoms with E-state index in [0.717, 1.165) is 0 Å². The van der Waals surface area contributed by atoms with E-state index < -0.39 is 36.0 Å². The van der Waals surface area contributed by atoms with Crippen molar-refractivity contribution in [3.05, 3.63) is 0 Å². The molecule has 0 aliphatic carbocycles. The number of hydrogen-bond donors (Lipinski definition) is 2. The van der Waals surface area contributed by atoms with Crippen molar-refractivity contribution in [2.24, 2.45) is 11.3 Å². The van der Waals surface area contributed by atoms with Gasteiger partial charge in [0.15, 0.2) is 0 Å². The second kappa shape index (κ2) is 8.77. The summed E-state index contributed by atoms with van der Waals surface area (Å²) in [6.45, 7) is 7.49. The number of piperazine rings is 1. The SMILES string of the molecule is CC(C)(C)C(=O)N1CCCC(C(=O)NCC(N2CCNCC2)C(F)(F)F)C1. The number of rotatable bonds is 4. The highest BCUT2D eigenvalue weighted by Gasteiger charge is 2.44. The van der Waals surface area contributed by atoms with Gasteiger partial charge in [-0.3, -0.25) is 14.5 Å². The zero-order valence-corrected chi connectivity index (χ0v) is 16.4. The Morgan fingerprint density at radius 2 is 1.78 bits per heavy atom. The molecule has 0 bridgehead atoms. The second-order valence-corrected chi connectivity index (χ2v) is 8.43. The van der Waals surface area contributed by atoms with Crippen molar-refractivity contribution in [2.45, 2.75) is 45.8 Å². The van der Waals surface area contributed by atoms with Crippen LogP contribution in [-0.2, 0) is 9.59 Å². The van der Waals surface area contributed by atoms with Gasteiger partial charge in [0.05, 0.1) is 5.92 Å². The number of nitrogens with one attached hydrogen (secondary N) is 2. The number of alkyl halides is 3. The average Bonchev–Trinajstić information content (AvgIpc) is 2.60. The fourth-order valence-corrected chi connectivity index (χ4v) is 3.64. The highest BCUT2D eigenvalue weighted by atomic mass is 19.4. The van der Waals surface area contributed by atoms with E-state index in [1.807, 2.05) is 20.8 Å². The molecule has 0 aromatic carbocycles. The molecule has 9 heteroatoms. The fourth-order valence-electron chi connectivity index (χ4n) is 3.64. The van der Waals surface area contributed by atoms with Gasteiger partial charge >= 0.3 is 6.18 Å². The normalized spacial score (nSPS) is 23.8. The lowest BCUT2D eigenvalue weighted by molar-refractivity contribution is -0.184. The summed E-state index contributed by atoms with van der Waals surface area (Å²) in [5.74, 6) is -0.887. The highest BCUT2D eigenvalue weighted by Crippen LogP contribution is 2.26. The standard InChI is InChI=1S/C18H31F3N4O2/c1-17(2,3)16(27)25-8-4-5-13(12-25)15(26)23-11-14(18(19,20)21)24-9-6-22-7-10-24/h13-14,22H,4-12H2,1-3H3,(H,23,26). The summed E-state index contributed by atoms with van der Waals surface area (Å²) >= 11 is 0. The number of likely N-dealkylation sites (tertiary alicyclic amines) is 1. The number of carbonyl (C=O) groups is 2. The Balaban J connectivity index is 1.93. The molecule has 0 saturated carbocycles. The largest absolute Gasteiger partial charge is 0.405 e. The van der Waals surface area contributed by atoms with Crippen molar-refractivity contribution < 1.29 is 22.8 Å². The fraction of sp³-hybridized carbons (Fsp3) is 0.889. The van der Waals surface area contributed by atoms with Gasteiger partial charge in [-0.1, -0.05) is 20.8 Å². The Hall–Kier alpha value is -1.35. The van der Waals surface area contributed by atoms with Crippen LogP contribution in [-0.4, -0.2) is 79.6 Å². The first kappa shape index (κ1) is 21.9. The van der Waals surface area contributed by atoms with Crippen LogP contribution in [0.4, 0.5) is 13.2 Å². The lowest BCUT2D eigenvalue weighted by atomic mass is 9.91. The molecule has 0 aromatic rings. The van der Waals surface area contributed by atoms with Crippen LogP contribution in [0.3, 0.4) is 0 Å². The van der Waals surface area contributed by atoms with Crippen LogP contribution in [0.5, 0.6) is 0 Å². The molecule has 156 valence electrons. The summed E-state index contributed by atoms with van der Waals surface area (Å²) in [4.78, 5) is 27.9. The Morgan fingerprint density at radius 1 is 1.15 bits per heavy atom. The highest BCUT2D eigenvalue weighted by molar-refractivity contribution is 5.83. The van der Waals surface area contributed by atoms with Gasteiger partial charge in [0.1, 0.15) is 6.04 Å². The van der Waals surface area contributed by atoms with Gasteiger partial charge in [-0.2, -0.15) is 13.2 Å². The summed E-state index contributed by atoms with van der Waals surface area (Å²) in [5, 5.41) is 5.53. The molecule has 2 amide bonds. The minimum absolute atomic E-state index is 0.0333. The molecule has 2 rings (SSSR count). The zero-order valence-electron chi connectivity index (χ0n) is 16.4. The van der Waals surface area contributed by atoms with Crippen molar-refractivity contribution >= 4 is 11.8 Å². The molecular weight excluding hydrogens is 361 g/mol. The maximum atomic E-state index is 13.4. The number of amides is 2. The van der Waals surface area contributed by atoms with E-state index in [0.29, 0.717) is 45.6 Å². The molecule has 27 heavy (non-hydrogen) atoms. The van der Waals surface area contributed by atoms with Crippen LogP contribution in [0.15, 0.2) is 0 Å². The molecule has 0 aromatic heterocycles. The van der Waals surface area contributed by atoms with E-state index in [9.17, 15) is 22.8 Å². The molecule has 2 fully saturated rings. The van der Waals surface area contributed by atoms with Crippen molar-refractivity contribution in [3.63, 3.8) is 0 Å². The van der Waals surface area contributed by atoms with Crippen LogP contribution >= 0.6 is 0 Å². The van der Waals surface area contributed by atoms with E-state index in [2.05, 4.69) is 10.6 Å². The summed E-state index contributed by atoms with van der Waals surface area (Å²) in [6, 6.07) is -1.68. The van der Waals surface area contributed by atoms with Gasteiger partial charge < -0.3 is 15.5 Å². The van der Waals surface area contributed by atoms with Crippen LogP contribution in [0.2, 0.25) is 0 Å². The molecule has 2 aliphatic heterocycles. The van der Waals surface area contributed by atoms with Gasteiger partial charge in [0.25, 0.3) is 0 Å². The van der Waals surface area contributed by atoms with E-state index in [1.54, 1.807) is 4.90 Å². The molecule has 2 aliphatic rings. The third-order valence-corrected chi connectivity index (χ3v) is 5.16. The Bertz CT molecular complexity index is 528. The maximum absolute atomic E-state index is 13.4. The third-order valence-electron chi connectivity index (χ3n) is 5.16. The van der Waals surface area contributed by atoms with Crippen molar-refractivity contribution in [1.82, 2.24) is 20.4 Å². The average molecular weight is 392 g/mol. The van der Waals surface area contributed by atoms with Crippen LogP contribution < -0.4 is 10.6 Å². The summed E-state index contributed by atoms with van der Waals surface area (Å²) in [5.41, 5.74) is -0.540. The monoisotopic (exact) mass is 392 g/mol. The van der Waals surface area contributed by atoms with Crippen molar-refractivity contribution in [2.75, 3.05) is 45.8 Å². The van der Waals surface area contributed by atoms with Gasteiger partial charge in [0, 0.05) is 51.2 Å². The summed E-state index contributed by atoms with van der Waals surface area (Å²) < 4.78 is 40.3. The number of nitrogens with zero attached hydrogens (tertiary/aromatic N) is 2. The Morgan fingerprint density at radius 3 is 2.33 bits per heavy atom. The van der Waals surface area contributed by atoms with Crippen LogP contribution in [0.1, 0.15) is 33.6 Å². The number of halogens is 3. The summed E-state index contributed by atoms with van der Waals surface area (Å²) in [6.07, 6.45) is -3.13. The predicted molar refractivity (Wildman–Crippen MR) is 96.1 cm³/mol. The first-order valence-corrected chi connectivity index (χ1v) is 9.58. The minimum atomic E-state index is -4.40. The van der Waals surface area contributed by atoms with Gasteiger partial charge in [-0.05, 0) is 12.8 Å². The van der Waals surface area contributed by atoms with Gasteiger partial charge in [-0.15, -0.1) is 0 Å². The van der Waals surface area contributed by atoms with E-state index in [-0.39, 0.29) is 12.5 Å². The molecule has 2 heterocycles. The predicted octanol–water partition coefficient (Wildman–Crippen LogP) is 1.22. The molecule has 6 nitrogen and oxygen atoms in total. The first-order chi connectivity index (χ1) is 12.5.